The van der Waals surface area contributed by atoms with Crippen LogP contribution in [0.1, 0.15) is 18.4 Å². The lowest BCUT2D eigenvalue weighted by atomic mass is 10.0. The number of likely N-dealkylation sites (tertiary alicyclic amines) is 1. The number of pyridine rings is 1. The molecule has 0 radical (unpaired) electrons. The Labute approximate surface area is 172 Å². The molecule has 1 fully saturated rings. The second-order valence-electron chi connectivity index (χ2n) is 6.80. The Bertz CT molecular complexity index is 884. The third kappa shape index (κ3) is 4.13. The normalized spacial score (nSPS) is 21.0. The average molecular weight is 478 g/mol. The Morgan fingerprint density at radius 3 is 2.81 bits per heavy atom. The number of piperidine rings is 1. The summed E-state index contributed by atoms with van der Waals surface area (Å²) in [5, 5.41) is 6.96. The number of fused-ring (bicyclic) bond motifs is 1. The van der Waals surface area contributed by atoms with Crippen LogP contribution in [0.15, 0.2) is 60.9 Å². The number of alkyl halides is 1. The van der Waals surface area contributed by atoms with E-state index in [2.05, 4.69) is 74.2 Å². The summed E-state index contributed by atoms with van der Waals surface area (Å²) in [6, 6.07) is 17.2. The molecule has 134 valence electrons. The maximum atomic E-state index is 6.01. The van der Waals surface area contributed by atoms with Gasteiger partial charge in [0.25, 0.3) is 0 Å². The van der Waals surface area contributed by atoms with E-state index in [0.29, 0.717) is 10.1 Å². The number of nitrogens with one attached hydrogen (secondary N) is 1. The van der Waals surface area contributed by atoms with Crippen molar-refractivity contribution in [3.8, 4) is 0 Å². The van der Waals surface area contributed by atoms with E-state index in [-0.39, 0.29) is 0 Å². The van der Waals surface area contributed by atoms with Crippen molar-refractivity contribution in [1.29, 1.82) is 0 Å². The Morgan fingerprint density at radius 1 is 1.12 bits per heavy atom. The van der Waals surface area contributed by atoms with Crippen LogP contribution in [-0.4, -0.2) is 26.5 Å². The summed E-state index contributed by atoms with van der Waals surface area (Å²) in [6.07, 6.45) is 6.16. The van der Waals surface area contributed by atoms with E-state index in [4.69, 9.17) is 11.6 Å². The van der Waals surface area contributed by atoms with Gasteiger partial charge in [0.1, 0.15) is 0 Å². The summed E-state index contributed by atoms with van der Waals surface area (Å²) >= 11 is 8.60. The highest BCUT2D eigenvalue weighted by Crippen LogP contribution is 2.28. The molecular formula is C21H21ClIN3. The molecule has 26 heavy (non-hydrogen) atoms. The molecule has 2 aromatic carbocycles. The largest absolute Gasteiger partial charge is 0.380 e. The third-order valence-corrected chi connectivity index (χ3v) is 6.84. The van der Waals surface area contributed by atoms with E-state index in [9.17, 15) is 0 Å². The minimum Gasteiger partial charge on any atom is -0.380 e. The van der Waals surface area contributed by atoms with Crippen LogP contribution in [0.4, 0.5) is 5.69 Å². The van der Waals surface area contributed by atoms with Gasteiger partial charge in [-0.05, 0) is 60.7 Å². The standard InChI is InChI=1S/C21H21ClIN3/c22-18-6-3-15(4-7-18)14-26-11-1-2-20(21(26)23)25-19-8-5-17-13-24-10-9-16(17)12-19/h3-10,12-13,20-21,25H,1-2,11,14H2. The zero-order valence-corrected chi connectivity index (χ0v) is 17.3. The first-order chi connectivity index (χ1) is 12.7. The highest BCUT2D eigenvalue weighted by Gasteiger charge is 2.29. The summed E-state index contributed by atoms with van der Waals surface area (Å²) < 4.78 is 0.449. The van der Waals surface area contributed by atoms with Gasteiger partial charge in [-0.25, -0.2) is 0 Å². The van der Waals surface area contributed by atoms with Gasteiger partial charge in [-0.1, -0.05) is 52.4 Å². The van der Waals surface area contributed by atoms with E-state index in [1.165, 1.54) is 34.9 Å². The van der Waals surface area contributed by atoms with Gasteiger partial charge < -0.3 is 5.32 Å². The molecule has 2 atom stereocenters. The highest BCUT2D eigenvalue weighted by molar-refractivity contribution is 14.1. The number of benzene rings is 2. The van der Waals surface area contributed by atoms with Crippen LogP contribution >= 0.6 is 34.2 Å². The van der Waals surface area contributed by atoms with Crippen LogP contribution in [0, 0.1) is 0 Å². The summed E-state index contributed by atoms with van der Waals surface area (Å²) in [7, 11) is 0. The van der Waals surface area contributed by atoms with E-state index >= 15 is 0 Å². The first-order valence-electron chi connectivity index (χ1n) is 8.92. The van der Waals surface area contributed by atoms with Gasteiger partial charge in [-0.3, -0.25) is 9.88 Å². The van der Waals surface area contributed by atoms with Crippen molar-refractivity contribution in [2.24, 2.45) is 0 Å². The number of nitrogens with zero attached hydrogens (tertiary/aromatic N) is 2. The summed E-state index contributed by atoms with van der Waals surface area (Å²) in [5.74, 6) is 0. The second kappa shape index (κ2) is 8.11. The molecule has 1 N–H and O–H groups in total. The predicted molar refractivity (Wildman–Crippen MR) is 118 cm³/mol. The van der Waals surface area contributed by atoms with Crippen molar-refractivity contribution >= 4 is 50.7 Å². The molecule has 1 saturated heterocycles. The van der Waals surface area contributed by atoms with Crippen LogP contribution in [-0.2, 0) is 6.54 Å². The number of anilines is 1. The topological polar surface area (TPSA) is 28.2 Å². The molecule has 1 aliphatic heterocycles. The molecule has 2 unspecified atom stereocenters. The predicted octanol–water partition coefficient (Wildman–Crippen LogP) is 5.73. The highest BCUT2D eigenvalue weighted by atomic mass is 127. The molecule has 0 saturated carbocycles. The summed E-state index contributed by atoms with van der Waals surface area (Å²) in [6.45, 7) is 2.10. The maximum absolute atomic E-state index is 6.01. The summed E-state index contributed by atoms with van der Waals surface area (Å²) in [5.41, 5.74) is 2.50. The third-order valence-electron chi connectivity index (χ3n) is 4.93. The van der Waals surface area contributed by atoms with Gasteiger partial charge in [0.2, 0.25) is 0 Å². The molecule has 2 heterocycles. The van der Waals surface area contributed by atoms with Crippen molar-refractivity contribution in [1.82, 2.24) is 9.88 Å². The molecule has 0 amide bonds. The van der Waals surface area contributed by atoms with Gasteiger partial charge in [-0.2, -0.15) is 0 Å². The second-order valence-corrected chi connectivity index (χ2v) is 8.51. The number of halogens is 2. The number of hydrogen-bond acceptors (Lipinski definition) is 3. The molecule has 0 spiro atoms. The maximum Gasteiger partial charge on any atom is 0.0825 e. The van der Waals surface area contributed by atoms with Crippen LogP contribution in [0.2, 0.25) is 5.02 Å². The fourth-order valence-electron chi connectivity index (χ4n) is 3.55. The van der Waals surface area contributed by atoms with Crippen molar-refractivity contribution in [2.75, 3.05) is 11.9 Å². The fourth-order valence-corrected chi connectivity index (χ4v) is 4.69. The van der Waals surface area contributed by atoms with Crippen molar-refractivity contribution < 1.29 is 0 Å². The van der Waals surface area contributed by atoms with Gasteiger partial charge in [0, 0.05) is 35.0 Å². The van der Waals surface area contributed by atoms with Crippen LogP contribution in [0.5, 0.6) is 0 Å². The van der Waals surface area contributed by atoms with Gasteiger partial charge >= 0.3 is 0 Å². The van der Waals surface area contributed by atoms with Crippen molar-refractivity contribution in [2.45, 2.75) is 29.5 Å². The Morgan fingerprint density at radius 2 is 1.96 bits per heavy atom. The SMILES string of the molecule is Clc1ccc(CN2CCCC(Nc3ccc4cnccc4c3)C2I)cc1. The van der Waals surface area contributed by atoms with E-state index in [0.717, 1.165) is 18.1 Å². The lowest BCUT2D eigenvalue weighted by Gasteiger charge is -2.39. The van der Waals surface area contributed by atoms with Gasteiger partial charge in [0.05, 0.1) is 10.1 Å². The number of rotatable bonds is 4. The van der Waals surface area contributed by atoms with E-state index in [1.54, 1.807) is 0 Å². The zero-order valence-electron chi connectivity index (χ0n) is 14.4. The van der Waals surface area contributed by atoms with Crippen molar-refractivity contribution in [3.63, 3.8) is 0 Å². The van der Waals surface area contributed by atoms with Gasteiger partial charge in [0.15, 0.2) is 0 Å². The van der Waals surface area contributed by atoms with Crippen LogP contribution < -0.4 is 5.32 Å². The van der Waals surface area contributed by atoms with E-state index in [1.807, 2.05) is 24.5 Å². The molecule has 3 aromatic rings. The molecule has 3 nitrogen and oxygen atoms in total. The molecule has 1 aliphatic rings. The van der Waals surface area contributed by atoms with Crippen molar-refractivity contribution in [3.05, 3.63) is 71.5 Å². The quantitative estimate of drug-likeness (QED) is 0.296. The lowest BCUT2D eigenvalue weighted by Crippen LogP contribution is -2.47. The Kier molecular flexibility index (Phi) is 5.62. The smallest absolute Gasteiger partial charge is 0.0825 e. The molecule has 5 heteroatoms. The number of hydrogen-bond donors (Lipinski definition) is 1. The van der Waals surface area contributed by atoms with Crippen LogP contribution in [0.25, 0.3) is 10.8 Å². The minimum absolute atomic E-state index is 0.441. The Balaban J connectivity index is 1.46. The molecular weight excluding hydrogens is 457 g/mol. The van der Waals surface area contributed by atoms with E-state index < -0.39 is 0 Å². The molecule has 1 aromatic heterocycles. The lowest BCUT2D eigenvalue weighted by molar-refractivity contribution is 0.196. The first-order valence-corrected chi connectivity index (χ1v) is 10.5. The monoisotopic (exact) mass is 477 g/mol. The van der Waals surface area contributed by atoms with Gasteiger partial charge in [-0.15, -0.1) is 0 Å². The average Bonchev–Trinajstić information content (AvgIpc) is 2.67. The number of aromatic nitrogens is 1. The zero-order chi connectivity index (χ0) is 17.9. The molecule has 0 aliphatic carbocycles. The first kappa shape index (κ1) is 18.0. The fraction of sp³-hybridized carbons (Fsp3) is 0.286. The molecule has 0 bridgehead atoms. The molecule has 4 rings (SSSR count). The minimum atomic E-state index is 0.441. The Hall–Kier alpha value is -1.37. The summed E-state index contributed by atoms with van der Waals surface area (Å²) in [4.78, 5) is 6.74. The van der Waals surface area contributed by atoms with Crippen LogP contribution in [0.3, 0.4) is 0 Å².